The van der Waals surface area contributed by atoms with Crippen LogP contribution in [0.3, 0.4) is 0 Å². The molecular weight excluding hydrogens is 288 g/mol. The van der Waals surface area contributed by atoms with Crippen LogP contribution in [0.2, 0.25) is 0 Å². The topological polar surface area (TPSA) is 52.6 Å². The standard InChI is InChI=1S/C19H24N2O2/c1-14-4-8-16(9-5-14)18(22)12-20-19(23)17-10-6-15(7-11-17)13-21(2)3/h4-11,18,22H,12-13H2,1-3H3,(H,20,23). The van der Waals surface area contributed by atoms with Crippen LogP contribution in [0.15, 0.2) is 48.5 Å². The normalized spacial score (nSPS) is 12.2. The summed E-state index contributed by atoms with van der Waals surface area (Å²) in [6.07, 6.45) is -0.701. The zero-order chi connectivity index (χ0) is 16.8. The van der Waals surface area contributed by atoms with Crippen LogP contribution in [0.1, 0.15) is 33.2 Å². The molecule has 0 saturated heterocycles. The molecule has 2 N–H and O–H groups in total. The molecule has 0 aromatic heterocycles. The van der Waals surface area contributed by atoms with Crippen molar-refractivity contribution in [2.24, 2.45) is 0 Å². The number of nitrogens with one attached hydrogen (secondary N) is 1. The molecule has 0 aliphatic carbocycles. The highest BCUT2D eigenvalue weighted by molar-refractivity contribution is 5.94. The van der Waals surface area contributed by atoms with Crippen molar-refractivity contribution in [1.29, 1.82) is 0 Å². The minimum absolute atomic E-state index is 0.174. The number of rotatable bonds is 6. The smallest absolute Gasteiger partial charge is 0.251 e. The quantitative estimate of drug-likeness (QED) is 0.862. The molecule has 0 spiro atoms. The van der Waals surface area contributed by atoms with Crippen molar-refractivity contribution in [3.63, 3.8) is 0 Å². The Morgan fingerprint density at radius 2 is 1.70 bits per heavy atom. The first kappa shape index (κ1) is 17.2. The number of hydrogen-bond acceptors (Lipinski definition) is 3. The van der Waals surface area contributed by atoms with Crippen LogP contribution in [-0.4, -0.2) is 36.6 Å². The van der Waals surface area contributed by atoms with Crippen LogP contribution in [0.5, 0.6) is 0 Å². The lowest BCUT2D eigenvalue weighted by molar-refractivity contribution is 0.0916. The van der Waals surface area contributed by atoms with Gasteiger partial charge in [-0.2, -0.15) is 0 Å². The van der Waals surface area contributed by atoms with E-state index in [1.807, 2.05) is 69.6 Å². The average Bonchev–Trinajstić information content (AvgIpc) is 2.53. The Morgan fingerprint density at radius 1 is 1.09 bits per heavy atom. The average molecular weight is 312 g/mol. The van der Waals surface area contributed by atoms with Crippen LogP contribution in [0, 0.1) is 6.92 Å². The monoisotopic (exact) mass is 312 g/mol. The van der Waals surface area contributed by atoms with E-state index in [4.69, 9.17) is 0 Å². The fourth-order valence-corrected chi connectivity index (χ4v) is 2.32. The molecule has 4 heteroatoms. The molecule has 0 saturated carbocycles. The van der Waals surface area contributed by atoms with Gasteiger partial charge in [0.1, 0.15) is 0 Å². The van der Waals surface area contributed by atoms with Gasteiger partial charge < -0.3 is 15.3 Å². The van der Waals surface area contributed by atoms with Crippen molar-refractivity contribution in [2.45, 2.75) is 19.6 Å². The highest BCUT2D eigenvalue weighted by atomic mass is 16.3. The summed E-state index contributed by atoms with van der Waals surface area (Å²) in [5, 5.41) is 12.9. The molecule has 0 radical (unpaired) electrons. The van der Waals surface area contributed by atoms with Crippen molar-refractivity contribution in [2.75, 3.05) is 20.6 Å². The number of aliphatic hydroxyl groups excluding tert-OH is 1. The van der Waals surface area contributed by atoms with E-state index in [-0.39, 0.29) is 12.5 Å². The van der Waals surface area contributed by atoms with Gasteiger partial charge in [0, 0.05) is 18.7 Å². The van der Waals surface area contributed by atoms with E-state index in [0.29, 0.717) is 5.56 Å². The predicted molar refractivity (Wildman–Crippen MR) is 92.3 cm³/mol. The fourth-order valence-electron chi connectivity index (χ4n) is 2.32. The molecule has 0 aliphatic rings. The van der Waals surface area contributed by atoms with Gasteiger partial charge in [0.15, 0.2) is 0 Å². The van der Waals surface area contributed by atoms with Gasteiger partial charge in [0.25, 0.3) is 5.91 Å². The molecule has 1 amide bonds. The van der Waals surface area contributed by atoms with Crippen molar-refractivity contribution in [3.05, 3.63) is 70.8 Å². The van der Waals surface area contributed by atoms with Crippen molar-refractivity contribution < 1.29 is 9.90 Å². The number of nitrogens with zero attached hydrogens (tertiary/aromatic N) is 1. The summed E-state index contributed by atoms with van der Waals surface area (Å²) in [5.74, 6) is -0.174. The lowest BCUT2D eigenvalue weighted by Crippen LogP contribution is -2.28. The highest BCUT2D eigenvalue weighted by Gasteiger charge is 2.11. The number of benzene rings is 2. The van der Waals surface area contributed by atoms with Gasteiger partial charge in [-0.25, -0.2) is 0 Å². The Labute approximate surface area is 137 Å². The molecule has 0 aliphatic heterocycles. The number of aliphatic hydroxyl groups is 1. The zero-order valence-electron chi connectivity index (χ0n) is 13.9. The molecule has 2 rings (SSSR count). The van der Waals surface area contributed by atoms with Crippen LogP contribution < -0.4 is 5.32 Å². The maximum Gasteiger partial charge on any atom is 0.251 e. The van der Waals surface area contributed by atoms with E-state index in [1.165, 1.54) is 0 Å². The second-order valence-electron chi connectivity index (χ2n) is 6.07. The van der Waals surface area contributed by atoms with Gasteiger partial charge in [-0.15, -0.1) is 0 Å². The maximum absolute atomic E-state index is 12.1. The van der Waals surface area contributed by atoms with E-state index >= 15 is 0 Å². The summed E-state index contributed by atoms with van der Waals surface area (Å²) < 4.78 is 0. The first-order valence-electron chi connectivity index (χ1n) is 7.72. The lowest BCUT2D eigenvalue weighted by Gasteiger charge is -2.13. The summed E-state index contributed by atoms with van der Waals surface area (Å²) in [6.45, 7) is 3.03. The van der Waals surface area contributed by atoms with Crippen LogP contribution in [0.25, 0.3) is 0 Å². The van der Waals surface area contributed by atoms with E-state index in [0.717, 1.165) is 23.2 Å². The van der Waals surface area contributed by atoms with Gasteiger partial charge in [-0.05, 0) is 44.3 Å². The fraction of sp³-hybridized carbons (Fsp3) is 0.316. The zero-order valence-corrected chi connectivity index (χ0v) is 13.9. The molecule has 0 bridgehead atoms. The number of hydrogen-bond donors (Lipinski definition) is 2. The number of carbonyl (C=O) groups is 1. The van der Waals surface area contributed by atoms with E-state index < -0.39 is 6.10 Å². The summed E-state index contributed by atoms with van der Waals surface area (Å²) in [7, 11) is 4.01. The van der Waals surface area contributed by atoms with Crippen molar-refractivity contribution >= 4 is 5.91 Å². The van der Waals surface area contributed by atoms with Crippen molar-refractivity contribution in [3.8, 4) is 0 Å². The Kier molecular flexibility index (Phi) is 5.90. The van der Waals surface area contributed by atoms with Gasteiger partial charge in [0.05, 0.1) is 6.10 Å². The van der Waals surface area contributed by atoms with E-state index in [1.54, 1.807) is 0 Å². The number of amides is 1. The molecule has 0 heterocycles. The summed E-state index contributed by atoms with van der Waals surface area (Å²) in [4.78, 5) is 14.2. The minimum Gasteiger partial charge on any atom is -0.387 e. The Bertz CT molecular complexity index is 633. The van der Waals surface area contributed by atoms with E-state index in [2.05, 4.69) is 10.2 Å². The Balaban J connectivity index is 1.90. The van der Waals surface area contributed by atoms with Crippen LogP contribution in [0.4, 0.5) is 0 Å². The highest BCUT2D eigenvalue weighted by Crippen LogP contribution is 2.13. The second kappa shape index (κ2) is 7.90. The van der Waals surface area contributed by atoms with Crippen molar-refractivity contribution in [1.82, 2.24) is 10.2 Å². The molecule has 2 aromatic carbocycles. The molecule has 122 valence electrons. The molecular formula is C19H24N2O2. The van der Waals surface area contributed by atoms with Crippen LogP contribution in [-0.2, 0) is 6.54 Å². The Morgan fingerprint density at radius 3 is 2.26 bits per heavy atom. The number of aryl methyl sites for hydroxylation is 1. The third-order valence-corrected chi connectivity index (χ3v) is 3.63. The minimum atomic E-state index is -0.701. The predicted octanol–water partition coefficient (Wildman–Crippen LogP) is 2.52. The summed E-state index contributed by atoms with van der Waals surface area (Å²) in [6, 6.07) is 15.2. The number of carbonyl (C=O) groups excluding carboxylic acids is 1. The van der Waals surface area contributed by atoms with E-state index in [9.17, 15) is 9.90 Å². The van der Waals surface area contributed by atoms with Gasteiger partial charge in [0.2, 0.25) is 0 Å². The Hall–Kier alpha value is -2.17. The largest absolute Gasteiger partial charge is 0.387 e. The third-order valence-electron chi connectivity index (χ3n) is 3.63. The lowest BCUT2D eigenvalue weighted by atomic mass is 10.1. The summed E-state index contributed by atoms with van der Waals surface area (Å²) >= 11 is 0. The molecule has 0 fully saturated rings. The first-order chi connectivity index (χ1) is 11.0. The summed E-state index contributed by atoms with van der Waals surface area (Å²) in [5.41, 5.74) is 3.70. The second-order valence-corrected chi connectivity index (χ2v) is 6.07. The van der Waals surface area contributed by atoms with Crippen LogP contribution >= 0.6 is 0 Å². The molecule has 1 unspecified atom stereocenters. The van der Waals surface area contributed by atoms with Gasteiger partial charge >= 0.3 is 0 Å². The SMILES string of the molecule is Cc1ccc(C(O)CNC(=O)c2ccc(CN(C)C)cc2)cc1. The molecule has 2 aromatic rings. The van der Waals surface area contributed by atoms with Gasteiger partial charge in [-0.1, -0.05) is 42.0 Å². The van der Waals surface area contributed by atoms with Gasteiger partial charge in [-0.3, -0.25) is 4.79 Å². The molecule has 1 atom stereocenters. The third kappa shape index (κ3) is 5.20. The first-order valence-corrected chi connectivity index (χ1v) is 7.72. The molecule has 4 nitrogen and oxygen atoms in total. The molecule has 23 heavy (non-hydrogen) atoms. The maximum atomic E-state index is 12.1.